The highest BCUT2D eigenvalue weighted by Gasteiger charge is 2.06. The maximum Gasteiger partial charge on any atom is 0.188 e. The monoisotopic (exact) mass is 302 g/mol. The highest BCUT2D eigenvalue weighted by Crippen LogP contribution is 2.27. The minimum Gasteiger partial charge on any atom is -0.316 e. The predicted octanol–water partition coefficient (Wildman–Crippen LogP) is 4.31. The van der Waals surface area contributed by atoms with E-state index < -0.39 is 0 Å². The Morgan fingerprint density at radius 1 is 1.15 bits per heavy atom. The summed E-state index contributed by atoms with van der Waals surface area (Å²) in [6.07, 6.45) is 3.45. The largest absolute Gasteiger partial charge is 0.316 e. The van der Waals surface area contributed by atoms with Crippen molar-refractivity contribution in [3.8, 4) is 11.3 Å². The summed E-state index contributed by atoms with van der Waals surface area (Å²) in [5, 5.41) is 6.43. The van der Waals surface area contributed by atoms with Crippen molar-refractivity contribution in [2.45, 2.75) is 6.92 Å². The van der Waals surface area contributed by atoms with Crippen LogP contribution in [0.2, 0.25) is 5.15 Å². The van der Waals surface area contributed by atoms with Gasteiger partial charge in [-0.3, -0.25) is 0 Å². The SMILES string of the molecule is Cc1ccnc(Nc2nc(-c3ccnc(Cl)c3)cs2)c1. The molecule has 0 saturated heterocycles. The van der Waals surface area contributed by atoms with Gasteiger partial charge in [0, 0.05) is 23.3 Å². The van der Waals surface area contributed by atoms with Crippen molar-refractivity contribution in [1.82, 2.24) is 15.0 Å². The third kappa shape index (κ3) is 2.95. The number of aromatic nitrogens is 3. The van der Waals surface area contributed by atoms with Crippen LogP contribution in [-0.2, 0) is 0 Å². The number of pyridine rings is 2. The van der Waals surface area contributed by atoms with E-state index >= 15 is 0 Å². The zero-order valence-corrected chi connectivity index (χ0v) is 12.2. The maximum atomic E-state index is 5.89. The summed E-state index contributed by atoms with van der Waals surface area (Å²) < 4.78 is 0. The number of rotatable bonds is 3. The number of anilines is 2. The molecule has 3 aromatic heterocycles. The quantitative estimate of drug-likeness (QED) is 0.733. The van der Waals surface area contributed by atoms with E-state index in [0.29, 0.717) is 5.15 Å². The predicted molar refractivity (Wildman–Crippen MR) is 82.6 cm³/mol. The Morgan fingerprint density at radius 3 is 2.80 bits per heavy atom. The van der Waals surface area contributed by atoms with Crippen LogP contribution in [0.25, 0.3) is 11.3 Å². The summed E-state index contributed by atoms with van der Waals surface area (Å²) in [4.78, 5) is 12.7. The fourth-order valence-electron chi connectivity index (χ4n) is 1.74. The first-order valence-electron chi connectivity index (χ1n) is 5.98. The molecule has 0 aromatic carbocycles. The van der Waals surface area contributed by atoms with Crippen molar-refractivity contribution < 1.29 is 0 Å². The Hall–Kier alpha value is -1.98. The molecule has 0 aliphatic carbocycles. The molecular formula is C14H11ClN4S. The van der Waals surface area contributed by atoms with Crippen LogP contribution < -0.4 is 5.32 Å². The molecule has 3 aromatic rings. The number of halogens is 1. The van der Waals surface area contributed by atoms with E-state index in [9.17, 15) is 0 Å². The van der Waals surface area contributed by atoms with Crippen molar-refractivity contribution >= 4 is 33.9 Å². The van der Waals surface area contributed by atoms with E-state index in [-0.39, 0.29) is 0 Å². The van der Waals surface area contributed by atoms with Crippen molar-refractivity contribution in [2.75, 3.05) is 5.32 Å². The van der Waals surface area contributed by atoms with Gasteiger partial charge in [0.1, 0.15) is 11.0 Å². The topological polar surface area (TPSA) is 50.7 Å². The van der Waals surface area contributed by atoms with E-state index in [4.69, 9.17) is 11.6 Å². The first-order chi connectivity index (χ1) is 9.70. The van der Waals surface area contributed by atoms with Gasteiger partial charge in [-0.25, -0.2) is 15.0 Å². The van der Waals surface area contributed by atoms with Gasteiger partial charge in [-0.2, -0.15) is 0 Å². The molecule has 3 rings (SSSR count). The average molecular weight is 303 g/mol. The van der Waals surface area contributed by atoms with E-state index in [2.05, 4.69) is 20.3 Å². The molecule has 0 aliphatic rings. The summed E-state index contributed by atoms with van der Waals surface area (Å²) in [5.74, 6) is 0.790. The normalized spacial score (nSPS) is 10.5. The summed E-state index contributed by atoms with van der Waals surface area (Å²) >= 11 is 7.41. The molecule has 4 nitrogen and oxygen atoms in total. The van der Waals surface area contributed by atoms with Gasteiger partial charge in [0.05, 0.1) is 5.69 Å². The molecule has 0 bridgehead atoms. The first kappa shape index (κ1) is 13.0. The van der Waals surface area contributed by atoms with Gasteiger partial charge >= 0.3 is 0 Å². The molecule has 0 spiro atoms. The summed E-state index contributed by atoms with van der Waals surface area (Å²) in [7, 11) is 0. The third-order valence-corrected chi connectivity index (χ3v) is 3.64. The molecule has 0 unspecified atom stereocenters. The molecule has 0 radical (unpaired) electrons. The number of hydrogen-bond donors (Lipinski definition) is 1. The molecule has 0 amide bonds. The van der Waals surface area contributed by atoms with Crippen molar-refractivity contribution in [3.05, 3.63) is 52.8 Å². The third-order valence-electron chi connectivity index (χ3n) is 2.68. The van der Waals surface area contributed by atoms with Gasteiger partial charge in [0.15, 0.2) is 5.13 Å². The molecule has 100 valence electrons. The fourth-order valence-corrected chi connectivity index (χ4v) is 2.64. The van der Waals surface area contributed by atoms with Gasteiger partial charge in [-0.1, -0.05) is 11.6 Å². The Balaban J connectivity index is 1.84. The van der Waals surface area contributed by atoms with Crippen molar-refractivity contribution in [3.63, 3.8) is 0 Å². The van der Waals surface area contributed by atoms with Crippen LogP contribution in [0.1, 0.15) is 5.56 Å². The van der Waals surface area contributed by atoms with Gasteiger partial charge in [0.25, 0.3) is 0 Å². The second-order valence-corrected chi connectivity index (χ2v) is 5.49. The Bertz CT molecular complexity index is 741. The number of hydrogen-bond acceptors (Lipinski definition) is 5. The van der Waals surface area contributed by atoms with Crippen LogP contribution in [0, 0.1) is 6.92 Å². The molecule has 0 atom stereocenters. The maximum absolute atomic E-state index is 5.89. The minimum atomic E-state index is 0.463. The highest BCUT2D eigenvalue weighted by molar-refractivity contribution is 7.14. The van der Waals surface area contributed by atoms with Crippen LogP contribution in [-0.4, -0.2) is 15.0 Å². The molecule has 1 N–H and O–H groups in total. The zero-order valence-electron chi connectivity index (χ0n) is 10.7. The molecule has 0 aliphatic heterocycles. The number of nitrogens with zero attached hydrogens (tertiary/aromatic N) is 3. The molecular weight excluding hydrogens is 292 g/mol. The molecule has 20 heavy (non-hydrogen) atoms. The second-order valence-electron chi connectivity index (χ2n) is 4.25. The highest BCUT2D eigenvalue weighted by atomic mass is 35.5. The van der Waals surface area contributed by atoms with Crippen LogP contribution in [0.4, 0.5) is 10.9 Å². The lowest BCUT2D eigenvalue weighted by Gasteiger charge is -2.01. The number of nitrogens with one attached hydrogen (secondary N) is 1. The van der Waals surface area contributed by atoms with Crippen LogP contribution in [0.3, 0.4) is 0 Å². The van der Waals surface area contributed by atoms with Crippen LogP contribution >= 0.6 is 22.9 Å². The fraction of sp³-hybridized carbons (Fsp3) is 0.0714. The standard InChI is InChI=1S/C14H11ClN4S/c1-9-2-4-17-13(6-9)19-14-18-11(8-20-14)10-3-5-16-12(15)7-10/h2-8H,1H3,(H,17,18,19). The van der Waals surface area contributed by atoms with Crippen molar-refractivity contribution in [1.29, 1.82) is 0 Å². The Kier molecular flexibility index (Phi) is 3.62. The molecule has 0 saturated carbocycles. The summed E-state index contributed by atoms with van der Waals surface area (Å²) in [6.45, 7) is 2.03. The van der Waals surface area contributed by atoms with Crippen molar-refractivity contribution in [2.24, 2.45) is 0 Å². The van der Waals surface area contributed by atoms with E-state index in [1.54, 1.807) is 18.5 Å². The smallest absolute Gasteiger partial charge is 0.188 e. The molecule has 6 heteroatoms. The van der Waals surface area contributed by atoms with Crippen LogP contribution in [0.15, 0.2) is 42.0 Å². The Morgan fingerprint density at radius 2 is 2.00 bits per heavy atom. The average Bonchev–Trinajstić information content (AvgIpc) is 2.87. The number of aryl methyl sites for hydroxylation is 1. The lowest BCUT2D eigenvalue weighted by molar-refractivity contribution is 1.26. The van der Waals surface area contributed by atoms with Gasteiger partial charge in [-0.15, -0.1) is 11.3 Å². The summed E-state index contributed by atoms with van der Waals surface area (Å²) in [6, 6.07) is 7.61. The van der Waals surface area contributed by atoms with Crippen LogP contribution in [0.5, 0.6) is 0 Å². The van der Waals surface area contributed by atoms with E-state index in [1.165, 1.54) is 11.3 Å². The zero-order chi connectivity index (χ0) is 13.9. The first-order valence-corrected chi connectivity index (χ1v) is 7.23. The minimum absolute atomic E-state index is 0.463. The lowest BCUT2D eigenvalue weighted by Crippen LogP contribution is -1.93. The van der Waals surface area contributed by atoms with Gasteiger partial charge in [-0.05, 0) is 36.8 Å². The van der Waals surface area contributed by atoms with E-state index in [1.807, 2.05) is 30.5 Å². The molecule has 3 heterocycles. The van der Waals surface area contributed by atoms with E-state index in [0.717, 1.165) is 27.8 Å². The van der Waals surface area contributed by atoms with Gasteiger partial charge < -0.3 is 5.32 Å². The second kappa shape index (κ2) is 5.56. The van der Waals surface area contributed by atoms with Gasteiger partial charge in [0.2, 0.25) is 0 Å². The number of thiazole rings is 1. The molecule has 0 fully saturated rings. The lowest BCUT2D eigenvalue weighted by atomic mass is 10.2. The Labute approximate surface area is 125 Å². The summed E-state index contributed by atoms with van der Waals surface area (Å²) in [5.41, 5.74) is 2.97.